The first kappa shape index (κ1) is 21.6. The molecule has 0 saturated heterocycles. The molecule has 0 radical (unpaired) electrons. The highest BCUT2D eigenvalue weighted by Gasteiger charge is 2.21. The summed E-state index contributed by atoms with van der Waals surface area (Å²) in [6.45, 7) is 16.0. The second-order valence-electron chi connectivity index (χ2n) is 8.64. The van der Waals surface area contributed by atoms with E-state index >= 15 is 0 Å². The van der Waals surface area contributed by atoms with Gasteiger partial charge in [0.1, 0.15) is 0 Å². The van der Waals surface area contributed by atoms with Gasteiger partial charge in [-0.2, -0.15) is 10.2 Å². The molecule has 4 nitrogen and oxygen atoms in total. The summed E-state index contributed by atoms with van der Waals surface area (Å²) in [5.41, 5.74) is 3.53. The Balaban J connectivity index is 2.96. The van der Waals surface area contributed by atoms with Gasteiger partial charge in [0.05, 0.1) is 5.71 Å². The van der Waals surface area contributed by atoms with Crippen molar-refractivity contribution in [2.75, 3.05) is 14.1 Å². The van der Waals surface area contributed by atoms with Crippen molar-refractivity contribution in [2.45, 2.75) is 59.0 Å². The van der Waals surface area contributed by atoms with E-state index < -0.39 is 16.5 Å². The summed E-state index contributed by atoms with van der Waals surface area (Å²) in [6, 6.07) is 10.5. The van der Waals surface area contributed by atoms with Gasteiger partial charge in [-0.1, -0.05) is 69.6 Å². The van der Waals surface area contributed by atoms with Crippen molar-refractivity contribution in [3.8, 4) is 0 Å². The molecule has 0 unspecified atom stereocenters. The Morgan fingerprint density at radius 1 is 0.800 bits per heavy atom. The number of nitrogens with zero attached hydrogens (tertiary/aromatic N) is 4. The van der Waals surface area contributed by atoms with Crippen molar-refractivity contribution in [3.05, 3.63) is 35.9 Å². The smallest absolute Gasteiger partial charge is 0.168 e. The van der Waals surface area contributed by atoms with Crippen LogP contribution in [0.1, 0.15) is 25.3 Å². The molecule has 0 heterocycles. The molecule has 0 saturated carbocycles. The summed E-state index contributed by atoms with van der Waals surface area (Å²) in [6.07, 6.45) is 1.84. The Morgan fingerprint density at radius 2 is 1.28 bits per heavy atom. The van der Waals surface area contributed by atoms with Gasteiger partial charge < -0.3 is 9.35 Å². The number of rotatable bonds is 8. The molecule has 0 bridgehead atoms. The SMILES string of the molecule is C/C(CC/C(=N/N(C)[Si](C)(C)C)c1ccccc1)=N\N(C)[Si](C)(C)C. The summed E-state index contributed by atoms with van der Waals surface area (Å²) in [5.74, 6) is 0. The Morgan fingerprint density at radius 3 is 1.76 bits per heavy atom. The lowest BCUT2D eigenvalue weighted by Crippen LogP contribution is -2.40. The lowest BCUT2D eigenvalue weighted by Gasteiger charge is -2.29. The van der Waals surface area contributed by atoms with Crippen LogP contribution in [0.5, 0.6) is 0 Å². The summed E-state index contributed by atoms with van der Waals surface area (Å²) in [5, 5.41) is 9.76. The molecule has 0 N–H and O–H groups in total. The first-order valence-electron chi connectivity index (χ1n) is 9.06. The third-order valence-electron chi connectivity index (χ3n) is 4.36. The maximum Gasteiger partial charge on any atom is 0.168 e. The van der Waals surface area contributed by atoms with Gasteiger partial charge in [0.15, 0.2) is 16.5 Å². The number of hydrazone groups is 2. The van der Waals surface area contributed by atoms with Crippen molar-refractivity contribution in [2.24, 2.45) is 10.2 Å². The minimum absolute atomic E-state index is 0.910. The Kier molecular flexibility index (Phi) is 7.62. The Bertz CT molecular complexity index is 598. The molecule has 1 aromatic carbocycles. The van der Waals surface area contributed by atoms with E-state index in [2.05, 4.69) is 100.0 Å². The van der Waals surface area contributed by atoms with Crippen LogP contribution >= 0.6 is 0 Å². The second-order valence-corrected chi connectivity index (χ2v) is 18.6. The van der Waals surface area contributed by atoms with Crippen molar-refractivity contribution >= 4 is 27.9 Å². The monoisotopic (exact) mass is 376 g/mol. The number of benzene rings is 1. The largest absolute Gasteiger partial charge is 0.328 e. The highest BCUT2D eigenvalue weighted by Crippen LogP contribution is 2.14. The zero-order valence-electron chi connectivity index (χ0n) is 17.6. The summed E-state index contributed by atoms with van der Waals surface area (Å²) in [7, 11) is 1.37. The van der Waals surface area contributed by atoms with Crippen molar-refractivity contribution in [1.29, 1.82) is 0 Å². The third kappa shape index (κ3) is 7.56. The molecule has 0 aliphatic rings. The maximum absolute atomic E-state index is 4.97. The van der Waals surface area contributed by atoms with Crippen LogP contribution < -0.4 is 0 Å². The summed E-state index contributed by atoms with van der Waals surface area (Å²) >= 11 is 0. The van der Waals surface area contributed by atoms with Crippen LogP contribution in [0.2, 0.25) is 39.3 Å². The van der Waals surface area contributed by atoms with Gasteiger partial charge in [-0.3, -0.25) is 0 Å². The van der Waals surface area contributed by atoms with E-state index in [9.17, 15) is 0 Å². The Labute approximate surface area is 156 Å². The molecular formula is C19H36N4Si2. The van der Waals surface area contributed by atoms with Gasteiger partial charge >= 0.3 is 0 Å². The van der Waals surface area contributed by atoms with Gasteiger partial charge in [-0.05, 0) is 25.3 Å². The quantitative estimate of drug-likeness (QED) is 0.360. The topological polar surface area (TPSA) is 31.2 Å². The molecule has 0 fully saturated rings. The molecule has 25 heavy (non-hydrogen) atoms. The second kappa shape index (κ2) is 8.80. The number of hydrogen-bond donors (Lipinski definition) is 0. The van der Waals surface area contributed by atoms with E-state index in [-0.39, 0.29) is 0 Å². The average molecular weight is 377 g/mol. The molecule has 6 heteroatoms. The minimum Gasteiger partial charge on any atom is -0.328 e. The fraction of sp³-hybridized carbons (Fsp3) is 0.579. The van der Waals surface area contributed by atoms with E-state index in [0.29, 0.717) is 0 Å². The van der Waals surface area contributed by atoms with Gasteiger partial charge in [0.2, 0.25) is 0 Å². The number of hydrogen-bond acceptors (Lipinski definition) is 4. The first-order valence-corrected chi connectivity index (χ1v) is 16.0. The average Bonchev–Trinajstić information content (AvgIpc) is 2.50. The van der Waals surface area contributed by atoms with E-state index in [4.69, 9.17) is 10.2 Å². The summed E-state index contributed by atoms with van der Waals surface area (Å²) < 4.78 is 4.37. The highest BCUT2D eigenvalue weighted by molar-refractivity contribution is 6.73. The molecule has 0 aliphatic heterocycles. The molecule has 0 aromatic heterocycles. The van der Waals surface area contributed by atoms with Gasteiger partial charge in [-0.15, -0.1) is 0 Å². The fourth-order valence-electron chi connectivity index (χ4n) is 1.97. The van der Waals surface area contributed by atoms with E-state index in [0.717, 1.165) is 18.6 Å². The molecule has 0 atom stereocenters. The van der Waals surface area contributed by atoms with Crippen molar-refractivity contribution in [1.82, 2.24) is 9.35 Å². The predicted octanol–water partition coefficient (Wildman–Crippen LogP) is 5.08. The maximum atomic E-state index is 4.97. The zero-order chi connectivity index (χ0) is 19.3. The molecular weight excluding hydrogens is 340 g/mol. The van der Waals surface area contributed by atoms with Crippen LogP contribution in [0.25, 0.3) is 0 Å². The lowest BCUT2D eigenvalue weighted by molar-refractivity contribution is 0.543. The third-order valence-corrected chi connectivity index (χ3v) is 8.45. The Hall–Kier alpha value is -1.41. The normalized spacial score (nSPS) is 13.8. The summed E-state index contributed by atoms with van der Waals surface area (Å²) in [4.78, 5) is 0. The molecule has 1 aromatic rings. The van der Waals surface area contributed by atoms with Crippen LogP contribution in [-0.4, -0.2) is 51.3 Å². The van der Waals surface area contributed by atoms with E-state index in [1.54, 1.807) is 0 Å². The zero-order valence-corrected chi connectivity index (χ0v) is 19.6. The van der Waals surface area contributed by atoms with Crippen molar-refractivity contribution in [3.63, 3.8) is 0 Å². The van der Waals surface area contributed by atoms with E-state index in [1.165, 1.54) is 11.3 Å². The van der Waals surface area contributed by atoms with Crippen LogP contribution in [0.4, 0.5) is 0 Å². The van der Waals surface area contributed by atoms with Gasteiger partial charge in [-0.25, -0.2) is 0 Å². The fourth-order valence-corrected chi connectivity index (χ4v) is 2.86. The lowest BCUT2D eigenvalue weighted by atomic mass is 10.0. The van der Waals surface area contributed by atoms with Crippen molar-refractivity contribution < 1.29 is 0 Å². The van der Waals surface area contributed by atoms with Gasteiger partial charge in [0, 0.05) is 19.8 Å². The van der Waals surface area contributed by atoms with Crippen LogP contribution in [0.3, 0.4) is 0 Å². The molecule has 140 valence electrons. The molecule has 0 amide bonds. The van der Waals surface area contributed by atoms with Crippen LogP contribution in [0, 0.1) is 0 Å². The van der Waals surface area contributed by atoms with Crippen LogP contribution in [-0.2, 0) is 0 Å². The standard InChI is InChI=1S/C19H36N4Si2/c1-17(20-22(2)24(4,5)6)15-16-19(18-13-11-10-12-14-18)21-23(3)25(7,8)9/h10-14H,15-16H2,1-9H3/b20-17+,21-19-. The molecule has 1 rings (SSSR count). The van der Waals surface area contributed by atoms with Gasteiger partial charge in [0.25, 0.3) is 0 Å². The molecule has 0 spiro atoms. The first-order chi connectivity index (χ1) is 11.4. The van der Waals surface area contributed by atoms with Crippen LogP contribution in [0.15, 0.2) is 40.5 Å². The molecule has 0 aliphatic carbocycles. The predicted molar refractivity (Wildman–Crippen MR) is 118 cm³/mol. The highest BCUT2D eigenvalue weighted by atomic mass is 28.3. The van der Waals surface area contributed by atoms with E-state index in [1.807, 2.05) is 0 Å². The minimum atomic E-state index is -1.45.